The van der Waals surface area contributed by atoms with Gasteiger partial charge in [-0.1, -0.05) is 6.92 Å². The number of carbonyl (C=O) groups is 1. The molecule has 0 radical (unpaired) electrons. The summed E-state index contributed by atoms with van der Waals surface area (Å²) in [5.41, 5.74) is 5.71. The second kappa shape index (κ2) is 9.01. The maximum Gasteiger partial charge on any atom is 0.237 e. The lowest BCUT2D eigenvalue weighted by Crippen LogP contribution is -2.49. The van der Waals surface area contributed by atoms with Crippen molar-refractivity contribution in [3.8, 4) is 0 Å². The lowest BCUT2D eigenvalue weighted by Gasteiger charge is -2.32. The zero-order valence-corrected chi connectivity index (χ0v) is 13.3. The van der Waals surface area contributed by atoms with Gasteiger partial charge in [0.2, 0.25) is 5.91 Å². The number of amides is 1. The lowest BCUT2D eigenvalue weighted by atomic mass is 10.0. The third kappa shape index (κ3) is 6.30. The van der Waals surface area contributed by atoms with Crippen LogP contribution < -0.4 is 11.1 Å². The van der Waals surface area contributed by atoms with Crippen molar-refractivity contribution in [1.82, 2.24) is 10.2 Å². The molecule has 0 unspecified atom stereocenters. The number of hydrogen-bond donors (Lipinski definition) is 2. The van der Waals surface area contributed by atoms with Crippen LogP contribution in [0.15, 0.2) is 0 Å². The van der Waals surface area contributed by atoms with Crippen LogP contribution in [0.4, 0.5) is 0 Å². The van der Waals surface area contributed by atoms with Crippen LogP contribution in [0.5, 0.6) is 0 Å². The third-order valence-electron chi connectivity index (χ3n) is 3.92. The molecule has 1 saturated heterocycles. The summed E-state index contributed by atoms with van der Waals surface area (Å²) >= 11 is 0. The zero-order chi connectivity index (χ0) is 12.3. The standard InChI is InChI=1S/C13H25N3O.2ClH/c1-2-12(14)13(17)15-11-5-7-16(8-6-11)9-10-3-4-10;;/h10-12H,2-9,14H2,1H3,(H,15,17);2*1H/t12-;;/m0../s1. The van der Waals surface area contributed by atoms with Crippen LogP contribution in [-0.4, -0.2) is 42.5 Å². The summed E-state index contributed by atoms with van der Waals surface area (Å²) in [6, 6.07) is 0.00930. The molecule has 3 N–H and O–H groups in total. The molecular formula is C13H27Cl2N3O. The number of rotatable bonds is 5. The highest BCUT2D eigenvalue weighted by molar-refractivity contribution is 5.85. The Hall–Kier alpha value is -0.0300. The number of nitrogens with two attached hydrogens (primary N) is 1. The van der Waals surface area contributed by atoms with E-state index in [-0.39, 0.29) is 36.8 Å². The predicted octanol–water partition coefficient (Wildman–Crippen LogP) is 1.56. The van der Waals surface area contributed by atoms with Gasteiger partial charge in [0, 0.05) is 25.7 Å². The fourth-order valence-corrected chi connectivity index (χ4v) is 2.42. The topological polar surface area (TPSA) is 58.4 Å². The van der Waals surface area contributed by atoms with Crippen LogP contribution in [-0.2, 0) is 4.79 Å². The van der Waals surface area contributed by atoms with Gasteiger partial charge >= 0.3 is 0 Å². The van der Waals surface area contributed by atoms with Crippen LogP contribution in [0.3, 0.4) is 0 Å². The van der Waals surface area contributed by atoms with Crippen molar-refractivity contribution in [2.24, 2.45) is 11.7 Å². The zero-order valence-electron chi connectivity index (χ0n) is 11.6. The Morgan fingerprint density at radius 3 is 2.32 bits per heavy atom. The predicted molar refractivity (Wildman–Crippen MR) is 83.1 cm³/mol. The van der Waals surface area contributed by atoms with Gasteiger partial charge in [0.1, 0.15) is 0 Å². The average Bonchev–Trinajstić information content (AvgIpc) is 3.14. The van der Waals surface area contributed by atoms with E-state index in [9.17, 15) is 4.79 Å². The van der Waals surface area contributed by atoms with Crippen LogP contribution >= 0.6 is 24.8 Å². The minimum absolute atomic E-state index is 0. The first-order valence-corrected chi connectivity index (χ1v) is 6.97. The molecule has 6 heteroatoms. The summed E-state index contributed by atoms with van der Waals surface area (Å²) in [7, 11) is 0. The monoisotopic (exact) mass is 311 g/mol. The molecule has 1 saturated carbocycles. The molecule has 0 bridgehead atoms. The summed E-state index contributed by atoms with van der Waals surface area (Å²) in [5.74, 6) is 0.989. The smallest absolute Gasteiger partial charge is 0.237 e. The quantitative estimate of drug-likeness (QED) is 0.810. The minimum Gasteiger partial charge on any atom is -0.352 e. The molecule has 1 atom stereocenters. The molecule has 4 nitrogen and oxygen atoms in total. The third-order valence-corrected chi connectivity index (χ3v) is 3.92. The van der Waals surface area contributed by atoms with Crippen LogP contribution in [0.2, 0.25) is 0 Å². The van der Waals surface area contributed by atoms with Gasteiger partial charge in [0.05, 0.1) is 6.04 Å². The van der Waals surface area contributed by atoms with Crippen molar-refractivity contribution in [1.29, 1.82) is 0 Å². The van der Waals surface area contributed by atoms with Gasteiger partial charge in [0.25, 0.3) is 0 Å². The molecule has 1 heterocycles. The Labute approximate surface area is 128 Å². The molecule has 1 amide bonds. The van der Waals surface area contributed by atoms with E-state index in [1.165, 1.54) is 19.4 Å². The fourth-order valence-electron chi connectivity index (χ4n) is 2.42. The van der Waals surface area contributed by atoms with Crippen molar-refractivity contribution >= 4 is 30.7 Å². The summed E-state index contributed by atoms with van der Waals surface area (Å²) in [4.78, 5) is 14.2. The highest BCUT2D eigenvalue weighted by Gasteiger charge is 2.27. The molecule has 2 aliphatic rings. The molecule has 0 aromatic rings. The molecular weight excluding hydrogens is 285 g/mol. The first-order valence-electron chi connectivity index (χ1n) is 6.97. The summed E-state index contributed by atoms with van der Waals surface area (Å²) in [5, 5.41) is 3.07. The lowest BCUT2D eigenvalue weighted by molar-refractivity contribution is -0.123. The number of nitrogens with zero attached hydrogens (tertiary/aromatic N) is 1. The average molecular weight is 312 g/mol. The van der Waals surface area contributed by atoms with Gasteiger partial charge < -0.3 is 16.0 Å². The van der Waals surface area contributed by atoms with Gasteiger partial charge in [-0.05, 0) is 38.0 Å². The first kappa shape index (κ1) is 19.0. The SMILES string of the molecule is CC[C@H](N)C(=O)NC1CCN(CC2CC2)CC1.Cl.Cl. The molecule has 2 fully saturated rings. The second-order valence-corrected chi connectivity index (χ2v) is 5.54. The van der Waals surface area contributed by atoms with Crippen LogP contribution in [0.25, 0.3) is 0 Å². The van der Waals surface area contributed by atoms with Crippen molar-refractivity contribution in [2.75, 3.05) is 19.6 Å². The maximum atomic E-state index is 11.7. The van der Waals surface area contributed by atoms with Gasteiger partial charge in [-0.25, -0.2) is 0 Å². The van der Waals surface area contributed by atoms with Gasteiger partial charge in [0.15, 0.2) is 0 Å². The first-order chi connectivity index (χ1) is 8.19. The molecule has 1 aliphatic heterocycles. The van der Waals surface area contributed by atoms with Crippen LogP contribution in [0.1, 0.15) is 39.0 Å². The maximum absolute atomic E-state index is 11.7. The number of hydrogen-bond acceptors (Lipinski definition) is 3. The van der Waals surface area contributed by atoms with E-state index in [0.717, 1.165) is 31.8 Å². The normalized spacial score (nSPS) is 22.0. The highest BCUT2D eigenvalue weighted by Crippen LogP contribution is 2.30. The molecule has 0 aromatic heterocycles. The summed E-state index contributed by atoms with van der Waals surface area (Å²) in [6.45, 7) is 5.48. The largest absolute Gasteiger partial charge is 0.352 e. The number of likely N-dealkylation sites (tertiary alicyclic amines) is 1. The second-order valence-electron chi connectivity index (χ2n) is 5.54. The molecule has 114 valence electrons. The van der Waals surface area contributed by atoms with Crippen molar-refractivity contribution in [3.63, 3.8) is 0 Å². The summed E-state index contributed by atoms with van der Waals surface area (Å²) in [6.07, 6.45) is 5.71. The van der Waals surface area contributed by atoms with Crippen LogP contribution in [0, 0.1) is 5.92 Å². The van der Waals surface area contributed by atoms with Crippen molar-refractivity contribution in [3.05, 3.63) is 0 Å². The van der Waals surface area contributed by atoms with E-state index < -0.39 is 0 Å². The Balaban J connectivity index is 0.00000162. The Bertz CT molecular complexity index is 267. The van der Waals surface area contributed by atoms with E-state index in [2.05, 4.69) is 10.2 Å². The van der Waals surface area contributed by atoms with Crippen molar-refractivity contribution < 1.29 is 4.79 Å². The fraction of sp³-hybridized carbons (Fsp3) is 0.923. The van der Waals surface area contributed by atoms with E-state index in [4.69, 9.17) is 5.73 Å². The minimum atomic E-state index is -0.334. The van der Waals surface area contributed by atoms with E-state index in [1.54, 1.807) is 0 Å². The number of halogens is 2. The van der Waals surface area contributed by atoms with Gasteiger partial charge in [-0.15, -0.1) is 24.8 Å². The molecule has 19 heavy (non-hydrogen) atoms. The number of nitrogens with one attached hydrogen (secondary N) is 1. The van der Waals surface area contributed by atoms with E-state index >= 15 is 0 Å². The Kier molecular flexibility index (Phi) is 8.99. The Morgan fingerprint density at radius 1 is 1.26 bits per heavy atom. The number of carbonyl (C=O) groups excluding carboxylic acids is 1. The Morgan fingerprint density at radius 2 is 1.84 bits per heavy atom. The van der Waals surface area contributed by atoms with Gasteiger partial charge in [-0.2, -0.15) is 0 Å². The van der Waals surface area contributed by atoms with Gasteiger partial charge in [-0.3, -0.25) is 4.79 Å². The summed E-state index contributed by atoms with van der Waals surface area (Å²) < 4.78 is 0. The van der Waals surface area contributed by atoms with E-state index in [0.29, 0.717) is 12.5 Å². The van der Waals surface area contributed by atoms with Crippen molar-refractivity contribution in [2.45, 2.75) is 51.1 Å². The molecule has 0 aromatic carbocycles. The number of piperidine rings is 1. The molecule has 0 spiro atoms. The van der Waals surface area contributed by atoms with E-state index in [1.807, 2.05) is 6.92 Å². The molecule has 1 aliphatic carbocycles. The molecule has 2 rings (SSSR count). The highest BCUT2D eigenvalue weighted by atomic mass is 35.5.